The molecule has 0 saturated carbocycles. The molecule has 3 rings (SSSR count). The standard InChI is InChI=1S/C18H12BrF2N3O3/c19-10-4-5-14(13(20)7-10)23-16-12(18(26)27)9-24(17(25)15(16)21)8-11-3-1-2-6-22-11/h1-7,9,23H,8H2,(H,26,27). The van der Waals surface area contributed by atoms with Crippen LogP contribution in [0.3, 0.4) is 0 Å². The highest BCUT2D eigenvalue weighted by Crippen LogP contribution is 2.26. The van der Waals surface area contributed by atoms with E-state index < -0.39 is 34.4 Å². The number of benzene rings is 1. The summed E-state index contributed by atoms with van der Waals surface area (Å²) in [6, 6.07) is 8.90. The second-order valence-corrected chi connectivity index (χ2v) is 6.46. The second kappa shape index (κ2) is 7.67. The predicted molar refractivity (Wildman–Crippen MR) is 98.3 cm³/mol. The number of hydrogen-bond donors (Lipinski definition) is 2. The summed E-state index contributed by atoms with van der Waals surface area (Å²) in [6.07, 6.45) is 2.50. The molecule has 0 saturated heterocycles. The van der Waals surface area contributed by atoms with Gasteiger partial charge in [0.1, 0.15) is 11.4 Å². The van der Waals surface area contributed by atoms with Gasteiger partial charge in [-0.05, 0) is 30.3 Å². The second-order valence-electron chi connectivity index (χ2n) is 5.54. The van der Waals surface area contributed by atoms with Crippen molar-refractivity contribution < 1.29 is 18.7 Å². The van der Waals surface area contributed by atoms with Gasteiger partial charge < -0.3 is 15.0 Å². The highest BCUT2D eigenvalue weighted by molar-refractivity contribution is 9.10. The molecule has 138 valence electrons. The average molecular weight is 436 g/mol. The fourth-order valence-corrected chi connectivity index (χ4v) is 2.76. The van der Waals surface area contributed by atoms with E-state index in [4.69, 9.17) is 0 Å². The highest BCUT2D eigenvalue weighted by atomic mass is 79.9. The van der Waals surface area contributed by atoms with E-state index in [-0.39, 0.29) is 12.2 Å². The van der Waals surface area contributed by atoms with Crippen LogP contribution in [-0.2, 0) is 6.54 Å². The summed E-state index contributed by atoms with van der Waals surface area (Å²) in [5, 5.41) is 11.8. The molecule has 0 radical (unpaired) electrons. The summed E-state index contributed by atoms with van der Waals surface area (Å²) in [7, 11) is 0. The van der Waals surface area contributed by atoms with Crippen LogP contribution >= 0.6 is 15.9 Å². The first-order chi connectivity index (χ1) is 12.9. The third-order valence-corrected chi connectivity index (χ3v) is 4.20. The van der Waals surface area contributed by atoms with Crippen LogP contribution in [0.25, 0.3) is 0 Å². The average Bonchev–Trinajstić information content (AvgIpc) is 2.63. The van der Waals surface area contributed by atoms with Gasteiger partial charge in [-0.1, -0.05) is 22.0 Å². The number of aromatic carboxylic acids is 1. The number of rotatable bonds is 5. The topological polar surface area (TPSA) is 84.2 Å². The maximum Gasteiger partial charge on any atom is 0.339 e. The molecular formula is C18H12BrF2N3O3. The first kappa shape index (κ1) is 18.7. The number of carbonyl (C=O) groups is 1. The normalized spacial score (nSPS) is 10.6. The molecule has 2 heterocycles. The maximum atomic E-state index is 14.7. The Kier molecular flexibility index (Phi) is 5.31. The molecule has 2 N–H and O–H groups in total. The van der Waals surface area contributed by atoms with Crippen LogP contribution in [0, 0.1) is 11.6 Å². The van der Waals surface area contributed by atoms with Crippen molar-refractivity contribution >= 4 is 33.3 Å². The van der Waals surface area contributed by atoms with E-state index in [0.29, 0.717) is 10.2 Å². The van der Waals surface area contributed by atoms with Crippen molar-refractivity contribution in [1.29, 1.82) is 0 Å². The van der Waals surface area contributed by atoms with Crippen LogP contribution in [0.2, 0.25) is 0 Å². The summed E-state index contributed by atoms with van der Waals surface area (Å²) in [5.74, 6) is -3.53. The summed E-state index contributed by atoms with van der Waals surface area (Å²) in [4.78, 5) is 27.9. The zero-order valence-electron chi connectivity index (χ0n) is 13.6. The lowest BCUT2D eigenvalue weighted by atomic mass is 10.2. The SMILES string of the molecule is O=C(O)c1cn(Cc2ccccn2)c(=O)c(F)c1Nc1ccc(Br)cc1F. The van der Waals surface area contributed by atoms with Gasteiger partial charge >= 0.3 is 5.97 Å². The summed E-state index contributed by atoms with van der Waals surface area (Å²) in [6.45, 7) is -0.107. The first-order valence-electron chi connectivity index (χ1n) is 7.65. The third-order valence-electron chi connectivity index (χ3n) is 3.70. The summed E-state index contributed by atoms with van der Waals surface area (Å²) >= 11 is 3.09. The summed E-state index contributed by atoms with van der Waals surface area (Å²) in [5.41, 5.74) is -1.88. The highest BCUT2D eigenvalue weighted by Gasteiger charge is 2.21. The molecule has 0 bridgehead atoms. The van der Waals surface area contributed by atoms with E-state index in [0.717, 1.165) is 16.8 Å². The third kappa shape index (κ3) is 4.03. The molecule has 0 amide bonds. The Bertz CT molecular complexity index is 1070. The number of halogens is 3. The van der Waals surface area contributed by atoms with Crippen LogP contribution in [0.15, 0.2) is 58.1 Å². The Hall–Kier alpha value is -3.07. The van der Waals surface area contributed by atoms with E-state index in [1.807, 2.05) is 0 Å². The van der Waals surface area contributed by atoms with Crippen molar-refractivity contribution in [2.24, 2.45) is 0 Å². The number of pyridine rings is 2. The van der Waals surface area contributed by atoms with E-state index in [9.17, 15) is 23.5 Å². The minimum absolute atomic E-state index is 0.107. The van der Waals surface area contributed by atoms with Crippen molar-refractivity contribution in [3.05, 3.63) is 86.5 Å². The Morgan fingerprint density at radius 1 is 1.26 bits per heavy atom. The van der Waals surface area contributed by atoms with Gasteiger partial charge in [0.05, 0.1) is 23.6 Å². The van der Waals surface area contributed by atoms with Gasteiger partial charge in [-0.15, -0.1) is 0 Å². The summed E-state index contributed by atoms with van der Waals surface area (Å²) < 4.78 is 30.0. The molecule has 3 aromatic rings. The van der Waals surface area contributed by atoms with Gasteiger partial charge in [-0.25, -0.2) is 9.18 Å². The van der Waals surface area contributed by atoms with Crippen molar-refractivity contribution in [3.63, 3.8) is 0 Å². The molecule has 0 aliphatic rings. The number of aromatic nitrogens is 2. The Morgan fingerprint density at radius 3 is 2.67 bits per heavy atom. The van der Waals surface area contributed by atoms with Crippen molar-refractivity contribution in [1.82, 2.24) is 9.55 Å². The van der Waals surface area contributed by atoms with E-state index in [2.05, 4.69) is 26.2 Å². The Balaban J connectivity index is 2.07. The van der Waals surface area contributed by atoms with Crippen molar-refractivity contribution in [2.45, 2.75) is 6.54 Å². The number of nitrogens with one attached hydrogen (secondary N) is 1. The molecule has 27 heavy (non-hydrogen) atoms. The zero-order valence-corrected chi connectivity index (χ0v) is 15.2. The quantitative estimate of drug-likeness (QED) is 0.636. The molecule has 0 aliphatic heterocycles. The van der Waals surface area contributed by atoms with Gasteiger partial charge in [0, 0.05) is 16.9 Å². The largest absolute Gasteiger partial charge is 0.478 e. The molecule has 1 aromatic carbocycles. The number of anilines is 2. The first-order valence-corrected chi connectivity index (χ1v) is 8.44. The number of nitrogens with zero attached hydrogens (tertiary/aromatic N) is 2. The number of carboxylic acids is 1. The van der Waals surface area contributed by atoms with E-state index in [1.54, 1.807) is 18.2 Å². The Labute approximate surface area is 160 Å². The smallest absolute Gasteiger partial charge is 0.339 e. The molecule has 2 aromatic heterocycles. The van der Waals surface area contributed by atoms with Gasteiger partial charge in [-0.2, -0.15) is 4.39 Å². The van der Waals surface area contributed by atoms with Gasteiger partial charge in [0.15, 0.2) is 0 Å². The molecule has 0 unspecified atom stereocenters. The Morgan fingerprint density at radius 2 is 2.04 bits per heavy atom. The lowest BCUT2D eigenvalue weighted by Crippen LogP contribution is -2.27. The lowest BCUT2D eigenvalue weighted by molar-refractivity contribution is 0.0696. The van der Waals surface area contributed by atoms with Gasteiger partial charge in [-0.3, -0.25) is 9.78 Å². The maximum absolute atomic E-state index is 14.7. The molecule has 0 aliphatic carbocycles. The molecular weight excluding hydrogens is 424 g/mol. The van der Waals surface area contributed by atoms with E-state index in [1.165, 1.54) is 18.3 Å². The van der Waals surface area contributed by atoms with Gasteiger partial charge in [0.25, 0.3) is 5.56 Å². The lowest BCUT2D eigenvalue weighted by Gasteiger charge is -2.14. The number of hydrogen-bond acceptors (Lipinski definition) is 4. The van der Waals surface area contributed by atoms with Crippen LogP contribution in [0.1, 0.15) is 16.1 Å². The number of carboxylic acid groups (broad SMARTS) is 1. The zero-order chi connectivity index (χ0) is 19.6. The van der Waals surface area contributed by atoms with Crippen LogP contribution in [0.5, 0.6) is 0 Å². The predicted octanol–water partition coefficient (Wildman–Crippen LogP) is 3.77. The molecule has 0 fully saturated rings. The molecule has 0 spiro atoms. The minimum atomic E-state index is -1.47. The molecule has 0 atom stereocenters. The van der Waals surface area contributed by atoms with Crippen LogP contribution in [0.4, 0.5) is 20.2 Å². The van der Waals surface area contributed by atoms with Crippen molar-refractivity contribution in [3.8, 4) is 0 Å². The van der Waals surface area contributed by atoms with Gasteiger partial charge in [0.2, 0.25) is 5.82 Å². The van der Waals surface area contributed by atoms with Crippen molar-refractivity contribution in [2.75, 3.05) is 5.32 Å². The van der Waals surface area contributed by atoms with Crippen LogP contribution < -0.4 is 10.9 Å². The van der Waals surface area contributed by atoms with Crippen LogP contribution in [-0.4, -0.2) is 20.6 Å². The fraction of sp³-hybridized carbons (Fsp3) is 0.0556. The monoisotopic (exact) mass is 435 g/mol. The minimum Gasteiger partial charge on any atom is -0.478 e. The molecule has 6 nitrogen and oxygen atoms in total. The molecule has 9 heteroatoms. The fourth-order valence-electron chi connectivity index (χ4n) is 2.42. The van der Waals surface area contributed by atoms with E-state index >= 15 is 0 Å².